The van der Waals surface area contributed by atoms with E-state index in [0.717, 1.165) is 15.2 Å². The van der Waals surface area contributed by atoms with Gasteiger partial charge in [0, 0.05) is 15.8 Å². The van der Waals surface area contributed by atoms with Crippen molar-refractivity contribution >= 4 is 39.9 Å². The summed E-state index contributed by atoms with van der Waals surface area (Å²) >= 11 is 2.15. The first-order chi connectivity index (χ1) is 10.9. The molecule has 4 nitrogen and oxygen atoms in total. The Bertz CT molecular complexity index is 738. The highest BCUT2D eigenvalue weighted by molar-refractivity contribution is 14.1. The third-order valence-corrected chi connectivity index (χ3v) is 3.86. The molecule has 0 saturated heterocycles. The third kappa shape index (κ3) is 4.17. The van der Waals surface area contributed by atoms with E-state index in [1.807, 2.05) is 19.1 Å². The van der Waals surface area contributed by atoms with Crippen molar-refractivity contribution in [1.29, 1.82) is 0 Å². The van der Waals surface area contributed by atoms with Crippen molar-refractivity contribution in [3.8, 4) is 0 Å². The first-order valence-electron chi connectivity index (χ1n) is 6.84. The Morgan fingerprint density at radius 2 is 2.00 bits per heavy atom. The zero-order valence-corrected chi connectivity index (χ0v) is 14.4. The predicted molar refractivity (Wildman–Crippen MR) is 93.0 cm³/mol. The van der Waals surface area contributed by atoms with Crippen molar-refractivity contribution in [2.75, 3.05) is 18.5 Å². The topological polar surface area (TPSA) is 61.4 Å². The van der Waals surface area contributed by atoms with Crippen molar-refractivity contribution < 1.29 is 18.7 Å². The van der Waals surface area contributed by atoms with Crippen LogP contribution in [0.4, 0.5) is 20.2 Å². The first kappa shape index (κ1) is 17.6. The van der Waals surface area contributed by atoms with Crippen LogP contribution in [-0.4, -0.2) is 24.2 Å². The standard InChI is InChI=1S/C16H15F2IN2O2/c1-9-8-10(19)2-5-13(9)21-15-11(16(23)20-6-7-22)3-4-12(17)14(15)18/h2-5,8,21-22H,6-7H2,1H3,(H,20,23). The van der Waals surface area contributed by atoms with Gasteiger partial charge in [-0.05, 0) is 65.4 Å². The fourth-order valence-corrected chi connectivity index (χ4v) is 2.68. The van der Waals surface area contributed by atoms with Crippen molar-refractivity contribution in [2.24, 2.45) is 0 Å². The molecule has 0 fully saturated rings. The number of amides is 1. The molecule has 7 heteroatoms. The number of aliphatic hydroxyl groups excluding tert-OH is 1. The molecule has 0 aliphatic carbocycles. The molecule has 0 aliphatic rings. The number of carbonyl (C=O) groups is 1. The lowest BCUT2D eigenvalue weighted by Gasteiger charge is -2.15. The number of aliphatic hydroxyl groups is 1. The van der Waals surface area contributed by atoms with Crippen molar-refractivity contribution in [2.45, 2.75) is 6.92 Å². The number of rotatable bonds is 5. The van der Waals surface area contributed by atoms with E-state index in [0.29, 0.717) is 5.69 Å². The fourth-order valence-electron chi connectivity index (χ4n) is 2.03. The van der Waals surface area contributed by atoms with Crippen molar-refractivity contribution in [3.63, 3.8) is 0 Å². The van der Waals surface area contributed by atoms with E-state index < -0.39 is 17.5 Å². The number of halogens is 3. The van der Waals surface area contributed by atoms with Gasteiger partial charge in [-0.3, -0.25) is 4.79 Å². The van der Waals surface area contributed by atoms with Crippen molar-refractivity contribution in [3.05, 3.63) is 56.7 Å². The van der Waals surface area contributed by atoms with Crippen LogP contribution in [-0.2, 0) is 0 Å². The lowest BCUT2D eigenvalue weighted by atomic mass is 10.1. The van der Waals surface area contributed by atoms with E-state index in [-0.39, 0.29) is 24.4 Å². The van der Waals surface area contributed by atoms with E-state index in [1.54, 1.807) is 6.07 Å². The van der Waals surface area contributed by atoms with Crippen LogP contribution in [0, 0.1) is 22.1 Å². The molecule has 0 unspecified atom stereocenters. The summed E-state index contributed by atoms with van der Waals surface area (Å²) < 4.78 is 28.7. The van der Waals surface area contributed by atoms with E-state index in [4.69, 9.17) is 5.11 Å². The zero-order valence-electron chi connectivity index (χ0n) is 12.3. The Kier molecular flexibility index (Phi) is 5.89. The van der Waals surface area contributed by atoms with Gasteiger partial charge in [-0.2, -0.15) is 0 Å². The van der Waals surface area contributed by atoms with Gasteiger partial charge >= 0.3 is 0 Å². The minimum Gasteiger partial charge on any atom is -0.395 e. The van der Waals surface area contributed by atoms with Crippen LogP contribution in [0.3, 0.4) is 0 Å². The van der Waals surface area contributed by atoms with Gasteiger partial charge in [0.1, 0.15) is 0 Å². The van der Waals surface area contributed by atoms with Crippen molar-refractivity contribution in [1.82, 2.24) is 5.32 Å². The smallest absolute Gasteiger partial charge is 0.253 e. The third-order valence-electron chi connectivity index (χ3n) is 3.18. The lowest BCUT2D eigenvalue weighted by Crippen LogP contribution is -2.27. The largest absolute Gasteiger partial charge is 0.395 e. The summed E-state index contributed by atoms with van der Waals surface area (Å²) in [5, 5.41) is 14.0. The number of nitrogens with one attached hydrogen (secondary N) is 2. The molecule has 0 aliphatic heterocycles. The second kappa shape index (κ2) is 7.69. The maximum absolute atomic E-state index is 14.2. The number of anilines is 2. The van der Waals surface area contributed by atoms with E-state index in [1.165, 1.54) is 6.07 Å². The molecule has 3 N–H and O–H groups in total. The average molecular weight is 432 g/mol. The summed E-state index contributed by atoms with van der Waals surface area (Å²) in [4.78, 5) is 12.1. The molecule has 0 saturated carbocycles. The molecule has 0 heterocycles. The zero-order chi connectivity index (χ0) is 17.0. The molecule has 23 heavy (non-hydrogen) atoms. The molecule has 2 aromatic rings. The van der Waals surface area contributed by atoms with Crippen LogP contribution in [0.1, 0.15) is 15.9 Å². The molecule has 2 rings (SSSR count). The Balaban J connectivity index is 2.43. The van der Waals surface area contributed by atoms with E-state index in [2.05, 4.69) is 33.2 Å². The summed E-state index contributed by atoms with van der Waals surface area (Å²) in [5.41, 5.74) is 1.15. The van der Waals surface area contributed by atoms with Crippen LogP contribution in [0.5, 0.6) is 0 Å². The number of hydrogen-bond donors (Lipinski definition) is 3. The van der Waals surface area contributed by atoms with Gasteiger partial charge in [0.25, 0.3) is 5.91 Å². The molecule has 122 valence electrons. The molecule has 0 bridgehead atoms. The summed E-state index contributed by atoms with van der Waals surface area (Å²) in [5.74, 6) is -2.77. The normalized spacial score (nSPS) is 10.5. The summed E-state index contributed by atoms with van der Waals surface area (Å²) in [6.07, 6.45) is 0. The second-order valence-electron chi connectivity index (χ2n) is 4.85. The SMILES string of the molecule is Cc1cc(I)ccc1Nc1c(C(=O)NCCO)ccc(F)c1F. The maximum Gasteiger partial charge on any atom is 0.253 e. The molecular formula is C16H15F2IN2O2. The Morgan fingerprint density at radius 3 is 2.65 bits per heavy atom. The first-order valence-corrected chi connectivity index (χ1v) is 7.92. The van der Waals surface area contributed by atoms with Crippen LogP contribution in [0.2, 0.25) is 0 Å². The van der Waals surface area contributed by atoms with Gasteiger partial charge in [-0.25, -0.2) is 8.78 Å². The number of carbonyl (C=O) groups excluding carboxylic acids is 1. The van der Waals surface area contributed by atoms with Crippen LogP contribution < -0.4 is 10.6 Å². The van der Waals surface area contributed by atoms with Gasteiger partial charge in [0.15, 0.2) is 11.6 Å². The molecule has 0 radical (unpaired) electrons. The number of aryl methyl sites for hydroxylation is 1. The number of benzene rings is 2. The molecular weight excluding hydrogens is 417 g/mol. The van der Waals surface area contributed by atoms with Gasteiger partial charge < -0.3 is 15.7 Å². The van der Waals surface area contributed by atoms with Crippen LogP contribution in [0.15, 0.2) is 30.3 Å². The molecule has 0 atom stereocenters. The Morgan fingerprint density at radius 1 is 1.26 bits per heavy atom. The molecule has 1 amide bonds. The summed E-state index contributed by atoms with van der Waals surface area (Å²) in [7, 11) is 0. The van der Waals surface area contributed by atoms with E-state index in [9.17, 15) is 13.6 Å². The second-order valence-corrected chi connectivity index (χ2v) is 6.09. The summed E-state index contributed by atoms with van der Waals surface area (Å²) in [6, 6.07) is 7.53. The predicted octanol–water partition coefficient (Wildman–Crippen LogP) is 3.34. The van der Waals surface area contributed by atoms with Crippen LogP contribution >= 0.6 is 22.6 Å². The highest BCUT2D eigenvalue weighted by atomic mass is 127. The highest BCUT2D eigenvalue weighted by Gasteiger charge is 2.19. The van der Waals surface area contributed by atoms with Gasteiger partial charge in [-0.1, -0.05) is 0 Å². The summed E-state index contributed by atoms with van der Waals surface area (Å²) in [6.45, 7) is 1.61. The van der Waals surface area contributed by atoms with E-state index >= 15 is 0 Å². The maximum atomic E-state index is 14.2. The molecule has 2 aromatic carbocycles. The Hall–Kier alpha value is -1.74. The fraction of sp³-hybridized carbons (Fsp3) is 0.188. The minimum atomic E-state index is -1.13. The quantitative estimate of drug-likeness (QED) is 0.636. The molecule has 0 spiro atoms. The van der Waals surface area contributed by atoms with Gasteiger partial charge in [0.2, 0.25) is 0 Å². The number of hydrogen-bond acceptors (Lipinski definition) is 3. The average Bonchev–Trinajstić information content (AvgIpc) is 2.52. The van der Waals surface area contributed by atoms with Gasteiger partial charge in [0.05, 0.1) is 17.9 Å². The van der Waals surface area contributed by atoms with Gasteiger partial charge in [-0.15, -0.1) is 0 Å². The minimum absolute atomic E-state index is 0.0276. The monoisotopic (exact) mass is 432 g/mol. The Labute approximate surface area is 146 Å². The van der Waals surface area contributed by atoms with Crippen LogP contribution in [0.25, 0.3) is 0 Å². The lowest BCUT2D eigenvalue weighted by molar-refractivity contribution is 0.0945. The highest BCUT2D eigenvalue weighted by Crippen LogP contribution is 2.28. The molecule has 0 aromatic heterocycles.